The van der Waals surface area contributed by atoms with E-state index in [2.05, 4.69) is 6.07 Å². The van der Waals surface area contributed by atoms with Crippen molar-refractivity contribution in [1.29, 1.82) is 0 Å². The number of nitro groups is 1. The summed E-state index contributed by atoms with van der Waals surface area (Å²) in [5, 5.41) is 13.5. The first-order valence-electron chi connectivity index (χ1n) is 7.59. The molecule has 0 amide bonds. The van der Waals surface area contributed by atoms with Crippen molar-refractivity contribution in [2.24, 2.45) is 0 Å². The first-order valence-corrected chi connectivity index (χ1v) is 7.59. The van der Waals surface area contributed by atoms with Crippen molar-refractivity contribution in [3.63, 3.8) is 0 Å². The maximum absolute atomic E-state index is 11.2. The molecule has 6 nitrogen and oxygen atoms in total. The summed E-state index contributed by atoms with van der Waals surface area (Å²) in [6.07, 6.45) is 3.99. The maximum atomic E-state index is 11.2. The Morgan fingerprint density at radius 3 is 2.83 bits per heavy atom. The molecular weight excluding hydrogens is 308 g/mol. The minimum Gasteiger partial charge on any atom is -0.467 e. The maximum Gasteiger partial charge on any atom is 0.270 e. The third-order valence-corrected chi connectivity index (χ3v) is 4.08. The van der Waals surface area contributed by atoms with E-state index < -0.39 is 0 Å². The van der Waals surface area contributed by atoms with Crippen molar-refractivity contribution in [2.75, 3.05) is 6.79 Å². The lowest BCUT2D eigenvalue weighted by atomic mass is 10.1. The molecule has 0 bridgehead atoms. The monoisotopic (exact) mass is 323 g/mol. The highest BCUT2D eigenvalue weighted by atomic mass is 16.7. The van der Waals surface area contributed by atoms with E-state index in [9.17, 15) is 10.1 Å². The highest BCUT2D eigenvalue weighted by Crippen LogP contribution is 2.32. The summed E-state index contributed by atoms with van der Waals surface area (Å²) in [5.74, 6) is 0.688. The summed E-state index contributed by atoms with van der Waals surface area (Å²) in [7, 11) is 0. The molecule has 0 aliphatic carbocycles. The van der Waals surface area contributed by atoms with Crippen LogP contribution in [0.4, 0.5) is 5.69 Å². The summed E-state index contributed by atoms with van der Waals surface area (Å²) < 4.78 is 12.8. The molecule has 1 aliphatic rings. The van der Waals surface area contributed by atoms with Crippen LogP contribution in [0.3, 0.4) is 0 Å². The van der Waals surface area contributed by atoms with Gasteiger partial charge in [-0.2, -0.15) is 4.57 Å². The van der Waals surface area contributed by atoms with Gasteiger partial charge in [0.25, 0.3) is 5.69 Å². The smallest absolute Gasteiger partial charge is 0.270 e. The number of non-ortho nitro benzene ring substituents is 1. The zero-order valence-electron chi connectivity index (χ0n) is 12.8. The number of nitrogens with zero attached hydrogens (tertiary/aromatic N) is 2. The van der Waals surface area contributed by atoms with Gasteiger partial charge >= 0.3 is 0 Å². The van der Waals surface area contributed by atoms with Gasteiger partial charge in [-0.3, -0.25) is 10.1 Å². The van der Waals surface area contributed by atoms with Crippen molar-refractivity contribution in [2.45, 2.75) is 13.2 Å². The Hall–Kier alpha value is -2.99. The number of benzene rings is 2. The van der Waals surface area contributed by atoms with Crippen LogP contribution in [-0.2, 0) is 17.9 Å². The molecule has 0 spiro atoms. The number of ether oxygens (including phenoxy) is 2. The Morgan fingerprint density at radius 1 is 1.17 bits per heavy atom. The summed E-state index contributed by atoms with van der Waals surface area (Å²) in [6, 6.07) is 13.2. The average molecular weight is 323 g/mol. The van der Waals surface area contributed by atoms with E-state index in [-0.39, 0.29) is 17.4 Å². The van der Waals surface area contributed by atoms with Gasteiger partial charge in [0.1, 0.15) is 5.75 Å². The molecule has 6 heteroatoms. The van der Waals surface area contributed by atoms with Crippen molar-refractivity contribution in [1.82, 2.24) is 0 Å². The highest BCUT2D eigenvalue weighted by Gasteiger charge is 2.23. The average Bonchev–Trinajstić information content (AvgIpc) is 2.61. The number of hydrogen-bond donors (Lipinski definition) is 0. The standard InChI is InChI=1S/C18H15N2O4/c21-20(22)17-7-15(18-16(8-17)11-23-12-24-18)10-19-6-5-13-3-1-2-4-14(13)9-19/h1-9H,10-12H2/q+1. The molecule has 0 unspecified atom stereocenters. The molecule has 0 atom stereocenters. The minimum atomic E-state index is -0.385. The zero-order chi connectivity index (χ0) is 16.5. The fourth-order valence-electron chi connectivity index (χ4n) is 2.98. The van der Waals surface area contributed by atoms with E-state index in [0.29, 0.717) is 24.5 Å². The molecule has 2 aromatic carbocycles. The van der Waals surface area contributed by atoms with E-state index in [0.717, 1.165) is 16.3 Å². The second kappa shape index (κ2) is 5.90. The Balaban J connectivity index is 1.77. The lowest BCUT2D eigenvalue weighted by Gasteiger charge is -2.19. The number of aromatic nitrogens is 1. The van der Waals surface area contributed by atoms with Crippen LogP contribution < -0.4 is 9.30 Å². The number of pyridine rings is 1. The molecule has 2 heterocycles. The third kappa shape index (κ3) is 2.68. The van der Waals surface area contributed by atoms with Crippen molar-refractivity contribution >= 4 is 16.5 Å². The van der Waals surface area contributed by atoms with Crippen molar-refractivity contribution in [3.05, 3.63) is 76.1 Å². The fraction of sp³-hybridized carbons (Fsp3) is 0.167. The number of fused-ring (bicyclic) bond motifs is 2. The van der Waals surface area contributed by atoms with Crippen molar-refractivity contribution in [3.8, 4) is 5.75 Å². The molecular formula is C18H15N2O4+. The predicted molar refractivity (Wildman–Crippen MR) is 86.6 cm³/mol. The second-order valence-electron chi connectivity index (χ2n) is 5.71. The van der Waals surface area contributed by atoms with Gasteiger partial charge in [-0.15, -0.1) is 0 Å². The Kier molecular flexibility index (Phi) is 3.59. The molecule has 3 aromatic rings. The molecule has 1 aliphatic heterocycles. The number of hydrogen-bond acceptors (Lipinski definition) is 4. The van der Waals surface area contributed by atoms with Gasteiger partial charge < -0.3 is 9.47 Å². The van der Waals surface area contributed by atoms with Crippen LogP contribution >= 0.6 is 0 Å². The van der Waals surface area contributed by atoms with Gasteiger partial charge in [0.2, 0.25) is 0 Å². The summed E-state index contributed by atoms with van der Waals surface area (Å²) in [5.41, 5.74) is 1.55. The van der Waals surface area contributed by atoms with E-state index in [1.54, 1.807) is 6.07 Å². The van der Waals surface area contributed by atoms with E-state index >= 15 is 0 Å². The molecule has 0 radical (unpaired) electrons. The van der Waals surface area contributed by atoms with Crippen molar-refractivity contribution < 1.29 is 19.0 Å². The van der Waals surface area contributed by atoms with Gasteiger partial charge in [0, 0.05) is 29.1 Å². The van der Waals surface area contributed by atoms with Crippen LogP contribution in [0.2, 0.25) is 0 Å². The third-order valence-electron chi connectivity index (χ3n) is 4.08. The molecule has 120 valence electrons. The van der Waals surface area contributed by atoms with Crippen LogP contribution in [0.15, 0.2) is 54.9 Å². The van der Waals surface area contributed by atoms with Gasteiger partial charge in [0.15, 0.2) is 25.7 Å². The van der Waals surface area contributed by atoms with Crippen LogP contribution in [-0.4, -0.2) is 11.7 Å². The van der Waals surface area contributed by atoms with E-state index in [1.807, 2.05) is 41.2 Å². The van der Waals surface area contributed by atoms with E-state index in [1.165, 1.54) is 6.07 Å². The largest absolute Gasteiger partial charge is 0.467 e. The normalized spacial score (nSPS) is 13.3. The second-order valence-corrected chi connectivity index (χ2v) is 5.71. The molecule has 0 saturated carbocycles. The lowest BCUT2D eigenvalue weighted by molar-refractivity contribution is -0.687. The summed E-state index contributed by atoms with van der Waals surface area (Å²) >= 11 is 0. The van der Waals surface area contributed by atoms with Gasteiger partial charge in [-0.1, -0.05) is 18.2 Å². The molecule has 24 heavy (non-hydrogen) atoms. The van der Waals surface area contributed by atoms with Crippen LogP contribution in [0.1, 0.15) is 11.1 Å². The molecule has 0 fully saturated rings. The fourth-order valence-corrected chi connectivity index (χ4v) is 2.98. The topological polar surface area (TPSA) is 65.5 Å². The molecule has 0 N–H and O–H groups in total. The lowest BCUT2D eigenvalue weighted by Crippen LogP contribution is -2.33. The minimum absolute atomic E-state index is 0.0549. The number of nitro benzene ring substituents is 1. The summed E-state index contributed by atoms with van der Waals surface area (Å²) in [6.45, 7) is 0.988. The Labute approximate surface area is 138 Å². The molecule has 4 rings (SSSR count). The quantitative estimate of drug-likeness (QED) is 0.422. The van der Waals surface area contributed by atoms with Gasteiger partial charge in [0.05, 0.1) is 17.1 Å². The SMILES string of the molecule is O=[N+]([O-])c1cc2c(c(C[n+]3ccc4ccccc4c3)c1)OCOC2. The predicted octanol–water partition coefficient (Wildman–Crippen LogP) is 2.95. The Bertz CT molecular complexity index is 939. The van der Waals surface area contributed by atoms with Gasteiger partial charge in [-0.25, -0.2) is 0 Å². The molecule has 0 saturated heterocycles. The molecule has 1 aromatic heterocycles. The zero-order valence-corrected chi connectivity index (χ0v) is 12.8. The van der Waals surface area contributed by atoms with Crippen LogP contribution in [0.5, 0.6) is 5.75 Å². The summed E-state index contributed by atoms with van der Waals surface area (Å²) in [4.78, 5) is 10.8. The van der Waals surface area contributed by atoms with Crippen LogP contribution in [0.25, 0.3) is 10.8 Å². The number of rotatable bonds is 3. The van der Waals surface area contributed by atoms with Crippen LogP contribution in [0, 0.1) is 10.1 Å². The van der Waals surface area contributed by atoms with Gasteiger partial charge in [-0.05, 0) is 11.5 Å². The first kappa shape index (κ1) is 14.6. The van der Waals surface area contributed by atoms with E-state index in [4.69, 9.17) is 9.47 Å². The Morgan fingerprint density at radius 2 is 2.00 bits per heavy atom. The highest BCUT2D eigenvalue weighted by molar-refractivity contribution is 5.80. The first-order chi connectivity index (χ1) is 11.7.